The van der Waals surface area contributed by atoms with Gasteiger partial charge in [-0.2, -0.15) is 0 Å². The summed E-state index contributed by atoms with van der Waals surface area (Å²) in [5.41, 5.74) is 1.61. The first-order valence-corrected chi connectivity index (χ1v) is 12.5. The molecule has 2 aromatic carbocycles. The van der Waals surface area contributed by atoms with Crippen molar-refractivity contribution >= 4 is 11.8 Å². The minimum atomic E-state index is -0.867. The number of benzene rings is 2. The molecule has 1 fully saturated rings. The van der Waals surface area contributed by atoms with Crippen LogP contribution in [-0.2, 0) is 11.2 Å². The summed E-state index contributed by atoms with van der Waals surface area (Å²) in [5.74, 6) is 1.44. The van der Waals surface area contributed by atoms with Crippen molar-refractivity contribution in [1.29, 1.82) is 0 Å². The van der Waals surface area contributed by atoms with Crippen molar-refractivity contribution in [3.63, 3.8) is 0 Å². The van der Waals surface area contributed by atoms with Gasteiger partial charge < -0.3 is 28.8 Å². The Morgan fingerprint density at radius 2 is 1.76 bits per heavy atom. The van der Waals surface area contributed by atoms with E-state index in [0.717, 1.165) is 31.2 Å². The third kappa shape index (κ3) is 6.25. The highest BCUT2D eigenvalue weighted by Gasteiger charge is 2.34. The molecule has 4 rings (SSSR count). The predicted molar refractivity (Wildman–Crippen MR) is 139 cm³/mol. The molecule has 0 saturated heterocycles. The van der Waals surface area contributed by atoms with E-state index in [1.807, 2.05) is 36.4 Å². The molecule has 0 aliphatic heterocycles. The molecule has 1 heterocycles. The average Bonchev–Trinajstić information content (AvgIpc) is 3.65. The Morgan fingerprint density at radius 1 is 0.973 bits per heavy atom. The maximum absolute atomic E-state index is 13.8. The zero-order chi connectivity index (χ0) is 26.2. The minimum Gasteiger partial charge on any atom is -0.497 e. The third-order valence-corrected chi connectivity index (χ3v) is 6.75. The summed E-state index contributed by atoms with van der Waals surface area (Å²) in [5, 5.41) is 3.19. The number of nitrogens with one attached hydrogen (secondary N) is 1. The highest BCUT2D eigenvalue weighted by molar-refractivity contribution is 5.96. The van der Waals surface area contributed by atoms with Gasteiger partial charge in [0, 0.05) is 12.6 Å². The van der Waals surface area contributed by atoms with Crippen LogP contribution in [0.25, 0.3) is 0 Å². The first-order chi connectivity index (χ1) is 18.0. The molecule has 8 nitrogen and oxygen atoms in total. The zero-order valence-electron chi connectivity index (χ0n) is 21.6. The lowest BCUT2D eigenvalue weighted by Crippen LogP contribution is -2.46. The Hall–Kier alpha value is -3.94. The van der Waals surface area contributed by atoms with E-state index < -0.39 is 6.04 Å². The molecule has 1 aliphatic carbocycles. The van der Waals surface area contributed by atoms with Crippen molar-refractivity contribution < 1.29 is 28.2 Å². The van der Waals surface area contributed by atoms with Crippen molar-refractivity contribution in [3.8, 4) is 17.2 Å². The van der Waals surface area contributed by atoms with Crippen LogP contribution in [0.1, 0.15) is 53.4 Å². The fourth-order valence-electron chi connectivity index (χ4n) is 4.81. The maximum atomic E-state index is 13.8. The normalized spacial score (nSPS) is 14.1. The molecule has 1 aliphatic rings. The third-order valence-electron chi connectivity index (χ3n) is 6.75. The van der Waals surface area contributed by atoms with Crippen molar-refractivity contribution in [2.75, 3.05) is 27.9 Å². The van der Waals surface area contributed by atoms with Crippen LogP contribution in [-0.4, -0.2) is 50.6 Å². The molecule has 1 saturated carbocycles. The number of methoxy groups -OCH3 is 3. The molecule has 2 amide bonds. The van der Waals surface area contributed by atoms with Gasteiger partial charge in [0.15, 0.2) is 17.3 Å². The van der Waals surface area contributed by atoms with Gasteiger partial charge in [-0.05, 0) is 66.8 Å². The van der Waals surface area contributed by atoms with Crippen molar-refractivity contribution in [2.45, 2.75) is 44.2 Å². The van der Waals surface area contributed by atoms with Crippen LogP contribution in [0.3, 0.4) is 0 Å². The second-order valence-electron chi connectivity index (χ2n) is 9.08. The molecule has 1 atom stereocenters. The van der Waals surface area contributed by atoms with Crippen molar-refractivity contribution in [1.82, 2.24) is 10.2 Å². The molecular formula is C29H34N2O6. The van der Waals surface area contributed by atoms with Crippen LogP contribution in [0.2, 0.25) is 0 Å². The van der Waals surface area contributed by atoms with Gasteiger partial charge in [-0.25, -0.2) is 0 Å². The topological polar surface area (TPSA) is 90.2 Å². The van der Waals surface area contributed by atoms with Crippen LogP contribution in [0.4, 0.5) is 0 Å². The highest BCUT2D eigenvalue weighted by atomic mass is 16.5. The van der Waals surface area contributed by atoms with Crippen LogP contribution in [0, 0.1) is 0 Å². The number of hydrogen-bond donors (Lipinski definition) is 1. The van der Waals surface area contributed by atoms with E-state index in [1.54, 1.807) is 44.4 Å². The van der Waals surface area contributed by atoms with Gasteiger partial charge in [0.25, 0.3) is 5.91 Å². The predicted octanol–water partition coefficient (Wildman–Crippen LogP) is 4.79. The first-order valence-electron chi connectivity index (χ1n) is 12.5. The second-order valence-corrected chi connectivity index (χ2v) is 9.08. The van der Waals surface area contributed by atoms with Gasteiger partial charge in [0.05, 0.1) is 27.6 Å². The average molecular weight is 507 g/mol. The largest absolute Gasteiger partial charge is 0.497 e. The smallest absolute Gasteiger partial charge is 0.290 e. The van der Waals surface area contributed by atoms with Crippen molar-refractivity contribution in [2.24, 2.45) is 0 Å². The van der Waals surface area contributed by atoms with Crippen LogP contribution in [0.15, 0.2) is 65.3 Å². The van der Waals surface area contributed by atoms with E-state index in [9.17, 15) is 9.59 Å². The van der Waals surface area contributed by atoms with Gasteiger partial charge in [-0.15, -0.1) is 0 Å². The van der Waals surface area contributed by atoms with E-state index in [-0.39, 0.29) is 30.2 Å². The molecule has 3 aromatic rings. The van der Waals surface area contributed by atoms with Crippen LogP contribution in [0.5, 0.6) is 17.2 Å². The standard InChI is InChI=1S/C29H34N2O6/c1-34-23-11-6-8-21(19-23)27(28(32)30-22-9-4-5-10-22)31(29(33)25-12-7-17-37-25)16-15-20-13-14-24(35-2)26(18-20)36-3/h6-8,11-14,17-19,22,27H,4-5,9-10,15-16H2,1-3H3,(H,30,32)/t27-/m1/s1. The summed E-state index contributed by atoms with van der Waals surface area (Å²) >= 11 is 0. The SMILES string of the molecule is COc1cccc([C@H](C(=O)NC2CCCC2)N(CCc2ccc(OC)c(OC)c2)C(=O)c2ccco2)c1. The first kappa shape index (κ1) is 26.1. The zero-order valence-corrected chi connectivity index (χ0v) is 21.6. The Kier molecular flexibility index (Phi) is 8.72. The number of ether oxygens (including phenoxy) is 3. The van der Waals surface area contributed by atoms with Crippen LogP contribution < -0.4 is 19.5 Å². The van der Waals surface area contributed by atoms with E-state index in [1.165, 1.54) is 6.26 Å². The Balaban J connectivity index is 1.69. The molecule has 0 radical (unpaired) electrons. The fourth-order valence-corrected chi connectivity index (χ4v) is 4.81. The maximum Gasteiger partial charge on any atom is 0.290 e. The summed E-state index contributed by atoms with van der Waals surface area (Å²) in [6, 6.07) is 15.5. The van der Waals surface area contributed by atoms with Gasteiger partial charge >= 0.3 is 0 Å². The highest BCUT2D eigenvalue weighted by Crippen LogP contribution is 2.30. The van der Waals surface area contributed by atoms with E-state index in [0.29, 0.717) is 29.2 Å². The van der Waals surface area contributed by atoms with E-state index in [4.69, 9.17) is 18.6 Å². The van der Waals surface area contributed by atoms with E-state index in [2.05, 4.69) is 5.32 Å². The monoisotopic (exact) mass is 506 g/mol. The van der Waals surface area contributed by atoms with Gasteiger partial charge in [-0.1, -0.05) is 31.0 Å². The summed E-state index contributed by atoms with van der Waals surface area (Å²) in [4.78, 5) is 29.1. The molecule has 0 spiro atoms. The number of furan rings is 1. The van der Waals surface area contributed by atoms with Crippen molar-refractivity contribution in [3.05, 3.63) is 77.7 Å². The van der Waals surface area contributed by atoms with Gasteiger partial charge in [0.1, 0.15) is 11.8 Å². The number of rotatable bonds is 11. The second kappa shape index (κ2) is 12.3. The summed E-state index contributed by atoms with van der Waals surface area (Å²) in [7, 11) is 4.75. The summed E-state index contributed by atoms with van der Waals surface area (Å²) in [6.45, 7) is 0.273. The Labute approximate surface area is 217 Å². The minimum absolute atomic E-state index is 0.104. The Morgan fingerprint density at radius 3 is 2.43 bits per heavy atom. The lowest BCUT2D eigenvalue weighted by Gasteiger charge is -2.32. The molecule has 196 valence electrons. The molecule has 37 heavy (non-hydrogen) atoms. The number of carbonyl (C=O) groups is 2. The van der Waals surface area contributed by atoms with Gasteiger partial charge in [-0.3, -0.25) is 9.59 Å². The quantitative estimate of drug-likeness (QED) is 0.402. The fraction of sp³-hybridized carbons (Fsp3) is 0.379. The molecule has 1 aromatic heterocycles. The number of nitrogens with zero attached hydrogens (tertiary/aromatic N) is 1. The molecule has 0 unspecified atom stereocenters. The number of carbonyl (C=O) groups excluding carboxylic acids is 2. The lowest BCUT2D eigenvalue weighted by molar-refractivity contribution is -0.126. The van der Waals surface area contributed by atoms with Gasteiger partial charge in [0.2, 0.25) is 5.91 Å². The molecule has 0 bridgehead atoms. The molecule has 8 heteroatoms. The lowest BCUT2D eigenvalue weighted by atomic mass is 10.0. The molecule has 1 N–H and O–H groups in total. The van der Waals surface area contributed by atoms with E-state index >= 15 is 0 Å². The number of hydrogen-bond acceptors (Lipinski definition) is 6. The van der Waals surface area contributed by atoms with Crippen LogP contribution >= 0.6 is 0 Å². The molecular weight excluding hydrogens is 472 g/mol. The Bertz CT molecular complexity index is 1190. The summed E-state index contributed by atoms with van der Waals surface area (Å²) < 4.78 is 21.7. The number of amides is 2. The summed E-state index contributed by atoms with van der Waals surface area (Å²) in [6.07, 6.45) is 6.00.